The van der Waals surface area contributed by atoms with Gasteiger partial charge >= 0.3 is 6.18 Å². The Morgan fingerprint density at radius 1 is 1.02 bits per heavy atom. The Bertz CT molecular complexity index is 1380. The van der Waals surface area contributed by atoms with Gasteiger partial charge in [0.1, 0.15) is 0 Å². The summed E-state index contributed by atoms with van der Waals surface area (Å²) in [5, 5.41) is 0. The molecule has 0 N–H and O–H groups in total. The van der Waals surface area contributed by atoms with Crippen molar-refractivity contribution in [2.75, 3.05) is 32.6 Å². The van der Waals surface area contributed by atoms with Crippen LogP contribution in [0.1, 0.15) is 57.1 Å². The number of benzene rings is 2. The van der Waals surface area contributed by atoms with E-state index < -0.39 is 33.3 Å². The van der Waals surface area contributed by atoms with Gasteiger partial charge in [0.2, 0.25) is 5.91 Å². The first kappa shape index (κ1) is 31.9. The zero-order chi connectivity index (χ0) is 31.0. The van der Waals surface area contributed by atoms with Crippen LogP contribution in [-0.4, -0.2) is 74.8 Å². The van der Waals surface area contributed by atoms with Gasteiger partial charge in [0.15, 0.2) is 15.6 Å². The lowest BCUT2D eigenvalue weighted by molar-refractivity contribution is -0.182. The van der Waals surface area contributed by atoms with Crippen molar-refractivity contribution >= 4 is 15.7 Å². The fraction of sp³-hybridized carbons (Fsp3) is 0.594. The number of sulfone groups is 1. The zero-order valence-corrected chi connectivity index (χ0v) is 25.7. The third-order valence-electron chi connectivity index (χ3n) is 9.49. The molecular formula is C32H41F3N2O5S. The average molecular weight is 623 g/mol. The summed E-state index contributed by atoms with van der Waals surface area (Å²) in [6.07, 6.45) is -1.75. The van der Waals surface area contributed by atoms with Gasteiger partial charge in [-0.2, -0.15) is 13.2 Å². The maximum Gasteiger partial charge on any atom is 0.416 e. The van der Waals surface area contributed by atoms with Crippen molar-refractivity contribution in [3.63, 3.8) is 0 Å². The van der Waals surface area contributed by atoms with E-state index in [2.05, 4.69) is 25.8 Å². The molecule has 3 aliphatic rings. The Morgan fingerprint density at radius 2 is 1.72 bits per heavy atom. The molecule has 0 spiro atoms. The Hall–Kier alpha value is -2.47. The number of hydrogen-bond donors (Lipinski definition) is 0. The van der Waals surface area contributed by atoms with Crippen LogP contribution in [0.5, 0.6) is 0 Å². The minimum atomic E-state index is -4.52. The van der Waals surface area contributed by atoms with Crippen molar-refractivity contribution < 1.29 is 35.9 Å². The van der Waals surface area contributed by atoms with Crippen LogP contribution in [0.4, 0.5) is 13.2 Å². The summed E-state index contributed by atoms with van der Waals surface area (Å²) in [7, 11) is -1.53. The fourth-order valence-corrected chi connectivity index (χ4v) is 8.69. The number of carbonyl (C=O) groups is 1. The Morgan fingerprint density at radius 3 is 2.37 bits per heavy atom. The quantitative estimate of drug-likeness (QED) is 0.368. The molecule has 1 saturated carbocycles. The third-order valence-corrected chi connectivity index (χ3v) is 11.3. The van der Waals surface area contributed by atoms with E-state index in [1.807, 2.05) is 4.90 Å². The lowest BCUT2D eigenvalue weighted by atomic mass is 9.80. The molecule has 7 nitrogen and oxygen atoms in total. The second-order valence-corrected chi connectivity index (χ2v) is 14.4. The van der Waals surface area contributed by atoms with Crippen molar-refractivity contribution in [3.8, 4) is 0 Å². The first-order valence-electron chi connectivity index (χ1n) is 15.1. The predicted molar refractivity (Wildman–Crippen MR) is 156 cm³/mol. The number of carbonyl (C=O) groups excluding carboxylic acids is 1. The normalized spacial score (nSPS) is 26.5. The molecule has 2 aliphatic heterocycles. The second-order valence-electron chi connectivity index (χ2n) is 12.4. The molecular weight excluding hydrogens is 581 g/mol. The summed E-state index contributed by atoms with van der Waals surface area (Å²) in [6, 6.07) is 13.6. The van der Waals surface area contributed by atoms with Gasteiger partial charge in [-0.15, -0.1) is 0 Å². The SMILES string of the molecule is CC(C)N(C)C1CCC(N2CCC(CC3(c4cccc(C(F)(F)F)c4)OCCO3)C2=O)[C@H](CS(=O)(=O)c2ccccc2)C1. The van der Waals surface area contributed by atoms with Gasteiger partial charge in [0.25, 0.3) is 0 Å². The van der Waals surface area contributed by atoms with E-state index in [1.54, 1.807) is 36.4 Å². The Labute approximate surface area is 252 Å². The van der Waals surface area contributed by atoms with Crippen LogP contribution in [-0.2, 0) is 36.1 Å². The van der Waals surface area contributed by atoms with E-state index in [4.69, 9.17) is 9.47 Å². The van der Waals surface area contributed by atoms with Crippen LogP contribution in [0.15, 0.2) is 59.5 Å². The van der Waals surface area contributed by atoms with Crippen molar-refractivity contribution in [1.29, 1.82) is 0 Å². The summed E-state index contributed by atoms with van der Waals surface area (Å²) in [5.41, 5.74) is -0.552. The smallest absolute Gasteiger partial charge is 0.343 e. The highest BCUT2D eigenvalue weighted by Crippen LogP contribution is 2.44. The molecule has 5 rings (SSSR count). The Balaban J connectivity index is 1.37. The number of alkyl halides is 3. The van der Waals surface area contributed by atoms with E-state index in [-0.39, 0.29) is 59.8 Å². The lowest BCUT2D eigenvalue weighted by Gasteiger charge is -2.44. The molecule has 2 aromatic rings. The molecule has 2 heterocycles. The monoisotopic (exact) mass is 622 g/mol. The number of amides is 1. The van der Waals surface area contributed by atoms with Crippen LogP contribution in [0.25, 0.3) is 0 Å². The van der Waals surface area contributed by atoms with Crippen molar-refractivity contribution in [2.45, 2.75) is 80.9 Å². The van der Waals surface area contributed by atoms with Gasteiger partial charge in [-0.05, 0) is 76.8 Å². The highest BCUT2D eigenvalue weighted by Gasteiger charge is 2.49. The maximum atomic E-state index is 14.0. The van der Waals surface area contributed by atoms with Gasteiger partial charge in [0, 0.05) is 42.6 Å². The molecule has 0 bridgehead atoms. The number of likely N-dealkylation sites (tertiary alicyclic amines) is 1. The van der Waals surface area contributed by atoms with E-state index in [9.17, 15) is 26.4 Å². The summed E-state index contributed by atoms with van der Waals surface area (Å²) >= 11 is 0. The van der Waals surface area contributed by atoms with Gasteiger partial charge in [-0.3, -0.25) is 4.79 Å². The molecule has 3 unspecified atom stereocenters. The van der Waals surface area contributed by atoms with E-state index in [1.165, 1.54) is 6.07 Å². The lowest BCUT2D eigenvalue weighted by Crippen LogP contribution is -2.52. The summed E-state index contributed by atoms with van der Waals surface area (Å²) in [6.45, 7) is 5.12. The number of hydrogen-bond acceptors (Lipinski definition) is 6. The molecule has 3 fully saturated rings. The van der Waals surface area contributed by atoms with Gasteiger partial charge < -0.3 is 19.3 Å². The highest BCUT2D eigenvalue weighted by molar-refractivity contribution is 7.91. The molecule has 2 saturated heterocycles. The first-order valence-corrected chi connectivity index (χ1v) is 16.7. The molecule has 4 atom stereocenters. The van der Waals surface area contributed by atoms with Crippen molar-refractivity contribution in [2.24, 2.45) is 11.8 Å². The third kappa shape index (κ3) is 6.79. The number of rotatable bonds is 9. The minimum Gasteiger partial charge on any atom is -0.343 e. The largest absolute Gasteiger partial charge is 0.416 e. The molecule has 43 heavy (non-hydrogen) atoms. The molecule has 0 aromatic heterocycles. The topological polar surface area (TPSA) is 76.2 Å². The zero-order valence-electron chi connectivity index (χ0n) is 24.9. The second kappa shape index (κ2) is 12.5. The number of nitrogens with zero attached hydrogens (tertiary/aromatic N) is 2. The van der Waals surface area contributed by atoms with Crippen LogP contribution < -0.4 is 0 Å². The summed E-state index contributed by atoms with van der Waals surface area (Å²) < 4.78 is 79.4. The van der Waals surface area contributed by atoms with Gasteiger partial charge in [0.05, 0.1) is 29.4 Å². The average Bonchev–Trinajstić information content (AvgIpc) is 3.60. The predicted octanol–water partition coefficient (Wildman–Crippen LogP) is 5.50. The van der Waals surface area contributed by atoms with Crippen LogP contribution in [0.2, 0.25) is 0 Å². The first-order chi connectivity index (χ1) is 20.3. The summed E-state index contributed by atoms with van der Waals surface area (Å²) in [4.78, 5) is 18.4. The molecule has 2 aromatic carbocycles. The maximum absolute atomic E-state index is 14.0. The Kier molecular flexibility index (Phi) is 9.28. The van der Waals surface area contributed by atoms with Gasteiger partial charge in [-0.25, -0.2) is 8.42 Å². The molecule has 1 aliphatic carbocycles. The van der Waals surface area contributed by atoms with Crippen LogP contribution >= 0.6 is 0 Å². The fourth-order valence-electron chi connectivity index (χ4n) is 7.01. The van der Waals surface area contributed by atoms with Crippen molar-refractivity contribution in [1.82, 2.24) is 9.80 Å². The standard InChI is InChI=1S/C32H41F3N2O5S/c1-22(2)36(3)27-12-13-29(24(18-27)21-43(39,40)28-10-5-4-6-11-28)37-15-14-23(30(37)38)20-31(41-16-17-42-31)25-8-7-9-26(19-25)32(33,34)35/h4-11,19,22-24,27,29H,12-18,20-21H2,1-3H3/t23?,24-,27?,29?/m0/s1. The molecule has 236 valence electrons. The van der Waals surface area contributed by atoms with Gasteiger partial charge in [-0.1, -0.05) is 30.3 Å². The minimum absolute atomic E-state index is 0.0566. The molecule has 1 amide bonds. The highest BCUT2D eigenvalue weighted by atomic mass is 32.2. The summed E-state index contributed by atoms with van der Waals surface area (Å²) in [5.74, 6) is -2.39. The van der Waals surface area contributed by atoms with E-state index >= 15 is 0 Å². The van der Waals surface area contributed by atoms with E-state index in [0.29, 0.717) is 31.8 Å². The van der Waals surface area contributed by atoms with Crippen LogP contribution in [0, 0.1) is 11.8 Å². The van der Waals surface area contributed by atoms with Crippen LogP contribution in [0.3, 0.4) is 0 Å². The number of ether oxygens (including phenoxy) is 2. The number of halogens is 3. The van der Waals surface area contributed by atoms with Crippen molar-refractivity contribution in [3.05, 3.63) is 65.7 Å². The molecule has 0 radical (unpaired) electrons. The molecule has 11 heteroatoms. The van der Waals surface area contributed by atoms with E-state index in [0.717, 1.165) is 18.6 Å².